The Morgan fingerprint density at radius 2 is 1.50 bits per heavy atom. The zero-order valence-corrected chi connectivity index (χ0v) is 18.6. The van der Waals surface area contributed by atoms with E-state index in [2.05, 4.69) is 0 Å². The fourth-order valence-corrected chi connectivity index (χ4v) is 8.61. The monoisotopic (exact) mass is 449 g/mol. The first-order valence-corrected chi connectivity index (χ1v) is 13.4. The molecule has 4 rings (SSSR count). The number of piperidine rings is 1. The summed E-state index contributed by atoms with van der Waals surface area (Å²) in [5, 5.41) is -0.523. The van der Waals surface area contributed by atoms with Gasteiger partial charge in [-0.2, -0.15) is 4.31 Å². The molecular weight excluding hydrogens is 422 g/mol. The first kappa shape index (κ1) is 21.3. The number of benzene rings is 2. The van der Waals surface area contributed by atoms with E-state index in [9.17, 15) is 16.8 Å². The van der Waals surface area contributed by atoms with Crippen LogP contribution in [0.15, 0.2) is 59.5 Å². The second kappa shape index (κ2) is 8.32. The van der Waals surface area contributed by atoms with Crippen molar-refractivity contribution < 1.29 is 21.6 Å². The van der Waals surface area contributed by atoms with Crippen LogP contribution in [0, 0.1) is 0 Å². The molecule has 0 aliphatic carbocycles. The van der Waals surface area contributed by atoms with Gasteiger partial charge in [0.15, 0.2) is 9.84 Å². The Hall–Kier alpha value is -1.90. The maximum absolute atomic E-state index is 13.1. The van der Waals surface area contributed by atoms with Crippen molar-refractivity contribution in [3.8, 4) is 5.75 Å². The highest BCUT2D eigenvalue weighted by Crippen LogP contribution is 2.41. The van der Waals surface area contributed by atoms with Crippen LogP contribution < -0.4 is 4.74 Å². The molecule has 0 aromatic heterocycles. The van der Waals surface area contributed by atoms with E-state index in [-0.39, 0.29) is 17.8 Å². The van der Waals surface area contributed by atoms with E-state index in [0.29, 0.717) is 24.2 Å². The van der Waals surface area contributed by atoms with Crippen molar-refractivity contribution in [3.63, 3.8) is 0 Å². The summed E-state index contributed by atoms with van der Waals surface area (Å²) in [6.07, 6.45) is 2.62. The van der Waals surface area contributed by atoms with Crippen molar-refractivity contribution in [2.75, 3.05) is 12.9 Å². The number of sulfone groups is 1. The van der Waals surface area contributed by atoms with E-state index in [1.54, 1.807) is 41.7 Å². The van der Waals surface area contributed by atoms with Crippen LogP contribution in [0.1, 0.15) is 31.2 Å². The van der Waals surface area contributed by atoms with E-state index < -0.39 is 25.1 Å². The number of rotatable bonds is 7. The highest BCUT2D eigenvalue weighted by Gasteiger charge is 2.49. The number of hydrogen-bond acceptors (Lipinski definition) is 5. The molecule has 2 aromatic rings. The SMILES string of the molecule is COc1ccc(CCS(=O)(=O)N2C3CCC2CC(S(=O)(=O)c2ccccc2)C3)cc1. The molecule has 8 heteroatoms. The molecule has 2 aromatic carbocycles. The summed E-state index contributed by atoms with van der Waals surface area (Å²) in [6, 6.07) is 15.4. The standard InChI is InChI=1S/C22H27NO5S2/c1-28-20-11-7-17(8-12-20)13-14-29(24,25)23-18-9-10-19(23)16-22(15-18)30(26,27)21-5-3-2-4-6-21/h2-8,11-12,18-19,22H,9-10,13-16H2,1H3. The first-order valence-electron chi connectivity index (χ1n) is 10.2. The molecule has 2 aliphatic heterocycles. The molecular formula is C22H27NO5S2. The zero-order valence-electron chi connectivity index (χ0n) is 17.0. The third kappa shape index (κ3) is 4.13. The third-order valence-electron chi connectivity index (χ3n) is 6.26. The van der Waals surface area contributed by atoms with Gasteiger partial charge in [0.1, 0.15) is 5.75 Å². The van der Waals surface area contributed by atoms with Crippen LogP contribution in [0.5, 0.6) is 5.75 Å². The van der Waals surface area contributed by atoms with Crippen LogP contribution in [0.2, 0.25) is 0 Å². The molecule has 30 heavy (non-hydrogen) atoms. The second-order valence-corrected chi connectivity index (χ2v) is 12.3. The Kier molecular flexibility index (Phi) is 5.92. The van der Waals surface area contributed by atoms with Gasteiger partial charge < -0.3 is 4.74 Å². The van der Waals surface area contributed by atoms with Crippen molar-refractivity contribution in [1.29, 1.82) is 0 Å². The summed E-state index contributed by atoms with van der Waals surface area (Å²) in [4.78, 5) is 0.324. The Bertz CT molecular complexity index is 1070. The number of fused-ring (bicyclic) bond motifs is 2. The van der Waals surface area contributed by atoms with Crippen LogP contribution in [0.4, 0.5) is 0 Å². The number of aryl methyl sites for hydroxylation is 1. The molecule has 0 radical (unpaired) electrons. The van der Waals surface area contributed by atoms with Crippen molar-refractivity contribution >= 4 is 19.9 Å². The van der Waals surface area contributed by atoms with Gasteiger partial charge >= 0.3 is 0 Å². The molecule has 0 N–H and O–H groups in total. The Morgan fingerprint density at radius 3 is 2.07 bits per heavy atom. The maximum atomic E-state index is 13.1. The Morgan fingerprint density at radius 1 is 0.900 bits per heavy atom. The van der Waals surface area contributed by atoms with Gasteiger partial charge in [0.25, 0.3) is 0 Å². The van der Waals surface area contributed by atoms with Crippen LogP contribution in [-0.4, -0.2) is 51.3 Å². The first-order chi connectivity index (χ1) is 14.3. The van der Waals surface area contributed by atoms with Crippen molar-refractivity contribution in [1.82, 2.24) is 4.31 Å². The van der Waals surface area contributed by atoms with Gasteiger partial charge in [0.05, 0.1) is 23.0 Å². The number of sulfonamides is 1. The lowest BCUT2D eigenvalue weighted by atomic mass is 10.1. The molecule has 2 unspecified atom stereocenters. The van der Waals surface area contributed by atoms with E-state index in [4.69, 9.17) is 4.74 Å². The number of nitrogens with zero attached hydrogens (tertiary/aromatic N) is 1. The minimum Gasteiger partial charge on any atom is -0.497 e. The van der Waals surface area contributed by atoms with Crippen LogP contribution in [0.25, 0.3) is 0 Å². The molecule has 2 bridgehead atoms. The Labute approximate surface area is 178 Å². The molecule has 2 saturated heterocycles. The smallest absolute Gasteiger partial charge is 0.214 e. The van der Waals surface area contributed by atoms with Crippen LogP contribution in [-0.2, 0) is 26.3 Å². The van der Waals surface area contributed by atoms with Gasteiger partial charge in [0, 0.05) is 12.1 Å². The summed E-state index contributed by atoms with van der Waals surface area (Å²) in [5.41, 5.74) is 0.938. The second-order valence-electron chi connectivity index (χ2n) is 8.08. The lowest BCUT2D eigenvalue weighted by molar-refractivity contribution is 0.249. The van der Waals surface area contributed by atoms with Gasteiger partial charge in [-0.15, -0.1) is 0 Å². The summed E-state index contributed by atoms with van der Waals surface area (Å²) in [6.45, 7) is 0. The highest BCUT2D eigenvalue weighted by atomic mass is 32.2. The van der Waals surface area contributed by atoms with E-state index in [0.717, 1.165) is 24.2 Å². The van der Waals surface area contributed by atoms with Gasteiger partial charge in [-0.3, -0.25) is 0 Å². The van der Waals surface area contributed by atoms with Crippen LogP contribution in [0.3, 0.4) is 0 Å². The van der Waals surface area contributed by atoms with Crippen molar-refractivity contribution in [3.05, 3.63) is 60.2 Å². The van der Waals surface area contributed by atoms with Crippen molar-refractivity contribution in [2.45, 2.75) is 54.3 Å². The van der Waals surface area contributed by atoms with E-state index in [1.165, 1.54) is 0 Å². The Balaban J connectivity index is 1.46. The summed E-state index contributed by atoms with van der Waals surface area (Å²) in [7, 11) is -5.32. The predicted molar refractivity (Wildman–Crippen MR) is 116 cm³/mol. The van der Waals surface area contributed by atoms with Gasteiger partial charge in [-0.05, 0) is 61.9 Å². The molecule has 0 saturated carbocycles. The average molecular weight is 450 g/mol. The molecule has 0 spiro atoms. The summed E-state index contributed by atoms with van der Waals surface area (Å²) in [5.74, 6) is 0.768. The number of ether oxygens (including phenoxy) is 1. The molecule has 2 aliphatic rings. The number of methoxy groups -OCH3 is 1. The normalized spacial score (nSPS) is 24.6. The minimum atomic E-state index is -3.46. The lowest BCUT2D eigenvalue weighted by Gasteiger charge is -2.37. The van der Waals surface area contributed by atoms with E-state index >= 15 is 0 Å². The largest absolute Gasteiger partial charge is 0.497 e. The molecule has 2 fully saturated rings. The van der Waals surface area contributed by atoms with Crippen molar-refractivity contribution in [2.24, 2.45) is 0 Å². The molecule has 0 amide bonds. The molecule has 2 heterocycles. The predicted octanol–water partition coefficient (Wildman–Crippen LogP) is 3.04. The van der Waals surface area contributed by atoms with Crippen LogP contribution >= 0.6 is 0 Å². The zero-order chi connectivity index (χ0) is 21.4. The average Bonchev–Trinajstić information content (AvgIpc) is 3.04. The highest BCUT2D eigenvalue weighted by molar-refractivity contribution is 7.92. The van der Waals surface area contributed by atoms with Gasteiger partial charge in [-0.1, -0.05) is 30.3 Å². The topological polar surface area (TPSA) is 80.8 Å². The summed E-state index contributed by atoms with van der Waals surface area (Å²) < 4.78 is 59.1. The van der Waals surface area contributed by atoms with E-state index in [1.807, 2.05) is 24.3 Å². The fourth-order valence-electron chi connectivity index (χ4n) is 4.74. The molecule has 2 atom stereocenters. The fraction of sp³-hybridized carbons (Fsp3) is 0.455. The third-order valence-corrected chi connectivity index (χ3v) is 10.4. The lowest BCUT2D eigenvalue weighted by Crippen LogP contribution is -2.50. The van der Waals surface area contributed by atoms with Gasteiger partial charge in [0.2, 0.25) is 10.0 Å². The van der Waals surface area contributed by atoms with Gasteiger partial charge in [-0.25, -0.2) is 16.8 Å². The quantitative estimate of drug-likeness (QED) is 0.649. The summed E-state index contributed by atoms with van der Waals surface area (Å²) >= 11 is 0. The maximum Gasteiger partial charge on any atom is 0.214 e. The minimum absolute atomic E-state index is 0.0302. The number of hydrogen-bond donors (Lipinski definition) is 0. The molecule has 6 nitrogen and oxygen atoms in total. The molecule has 162 valence electrons.